The third-order valence-electron chi connectivity index (χ3n) is 5.63. The summed E-state index contributed by atoms with van der Waals surface area (Å²) < 4.78 is 3.91. The van der Waals surface area contributed by atoms with Crippen molar-refractivity contribution in [3.63, 3.8) is 0 Å². The molecule has 3 aromatic carbocycles. The Morgan fingerprint density at radius 1 is 0.625 bits per heavy atom. The predicted molar refractivity (Wildman–Crippen MR) is 125 cm³/mol. The van der Waals surface area contributed by atoms with Gasteiger partial charge in [0.2, 0.25) is 0 Å². The van der Waals surface area contributed by atoms with Crippen LogP contribution < -0.4 is 4.40 Å². The Morgan fingerprint density at radius 2 is 1.16 bits per heavy atom. The van der Waals surface area contributed by atoms with E-state index in [1.54, 1.807) is 0 Å². The molecule has 0 aliphatic rings. The van der Waals surface area contributed by atoms with E-state index in [0.717, 1.165) is 45.2 Å². The molecule has 0 amide bonds. The molecule has 0 saturated heterocycles. The first kappa shape index (κ1) is 18.4. The van der Waals surface area contributed by atoms with Crippen molar-refractivity contribution in [2.24, 2.45) is 0 Å². The number of benzene rings is 3. The Labute approximate surface area is 185 Å². The smallest absolute Gasteiger partial charge is 0.178 e. The molecule has 3 heterocycles. The highest BCUT2D eigenvalue weighted by Crippen LogP contribution is 2.26. The quantitative estimate of drug-likeness (QED) is 0.375. The maximum atomic E-state index is 5.01. The molecule has 6 aromatic rings. The molecule has 3 aromatic heterocycles. The van der Waals surface area contributed by atoms with Crippen molar-refractivity contribution in [3.8, 4) is 33.8 Å². The molecule has 5 heteroatoms. The lowest BCUT2D eigenvalue weighted by Gasteiger charge is -2.04. The summed E-state index contributed by atoms with van der Waals surface area (Å²) in [4.78, 5) is 9.88. The monoisotopic (exact) mass is 414 g/mol. The van der Waals surface area contributed by atoms with Gasteiger partial charge >= 0.3 is 11.6 Å². The molecule has 0 radical (unpaired) electrons. The summed E-state index contributed by atoms with van der Waals surface area (Å²) in [6.45, 7) is 2.07. The third-order valence-corrected chi connectivity index (χ3v) is 5.63. The van der Waals surface area contributed by atoms with Gasteiger partial charge in [-0.15, -0.1) is 9.97 Å². The van der Waals surface area contributed by atoms with Crippen molar-refractivity contribution >= 4 is 11.6 Å². The third kappa shape index (κ3) is 3.03. The Bertz CT molecular complexity index is 1560. The number of nitrogens with zero attached hydrogens (tertiary/aromatic N) is 5. The average molecular weight is 414 g/mol. The molecular formula is C27H20N5+. The van der Waals surface area contributed by atoms with E-state index < -0.39 is 0 Å². The minimum absolute atomic E-state index is 0.624. The van der Waals surface area contributed by atoms with Crippen LogP contribution in [-0.2, 0) is 0 Å². The molecule has 0 saturated carbocycles. The van der Waals surface area contributed by atoms with Gasteiger partial charge in [0.05, 0.1) is 5.69 Å². The summed E-state index contributed by atoms with van der Waals surface area (Å²) in [6.07, 6.45) is 0. The molecular weight excluding hydrogens is 394 g/mol. The SMILES string of the molecule is Cc1cc(-c2ccccc2)nc2nn3c(-c4ccccc4)cc(-c4ccccc4)nc3[n+]12. The van der Waals surface area contributed by atoms with Gasteiger partial charge < -0.3 is 0 Å². The fourth-order valence-electron chi connectivity index (χ4n) is 4.07. The summed E-state index contributed by atoms with van der Waals surface area (Å²) in [5.74, 6) is 1.36. The second-order valence-electron chi connectivity index (χ2n) is 7.75. The Morgan fingerprint density at radius 3 is 1.75 bits per heavy atom. The topological polar surface area (TPSA) is 47.2 Å². The number of hydrogen-bond acceptors (Lipinski definition) is 3. The molecule has 32 heavy (non-hydrogen) atoms. The molecule has 0 spiro atoms. The standard InChI is InChI=1S/C27H20N5/c1-19-17-23(20-11-5-2-6-12-20)28-26-30-32-25(22-15-9-4-10-16-22)18-24(29-27(32)31(19)26)21-13-7-3-8-14-21/h2-18H,1H3/q+1. The fourth-order valence-corrected chi connectivity index (χ4v) is 4.07. The van der Waals surface area contributed by atoms with Crippen molar-refractivity contribution in [1.82, 2.24) is 19.6 Å². The van der Waals surface area contributed by atoms with E-state index >= 15 is 0 Å². The highest BCUT2D eigenvalue weighted by atomic mass is 15.4. The first-order valence-electron chi connectivity index (χ1n) is 10.6. The zero-order chi connectivity index (χ0) is 21.5. The Balaban J connectivity index is 1.68. The van der Waals surface area contributed by atoms with Crippen LogP contribution in [0.4, 0.5) is 0 Å². The summed E-state index contributed by atoms with van der Waals surface area (Å²) in [6, 6.07) is 34.9. The number of hydrogen-bond donors (Lipinski definition) is 0. The van der Waals surface area contributed by atoms with E-state index in [9.17, 15) is 0 Å². The minimum Gasteiger partial charge on any atom is -0.178 e. The van der Waals surface area contributed by atoms with Crippen LogP contribution in [0.2, 0.25) is 0 Å². The first-order valence-corrected chi connectivity index (χ1v) is 10.6. The summed E-state index contributed by atoms with van der Waals surface area (Å²) in [5.41, 5.74) is 7.01. The van der Waals surface area contributed by atoms with Gasteiger partial charge in [0.1, 0.15) is 17.1 Å². The highest BCUT2D eigenvalue weighted by Gasteiger charge is 2.24. The van der Waals surface area contributed by atoms with E-state index in [1.807, 2.05) is 63.5 Å². The fraction of sp³-hybridized carbons (Fsp3) is 0.0370. The lowest BCUT2D eigenvalue weighted by atomic mass is 10.1. The van der Waals surface area contributed by atoms with E-state index in [1.165, 1.54) is 0 Å². The van der Waals surface area contributed by atoms with Crippen LogP contribution in [-0.4, -0.2) is 19.6 Å². The maximum absolute atomic E-state index is 5.01. The Kier molecular flexibility index (Phi) is 4.25. The van der Waals surface area contributed by atoms with E-state index in [4.69, 9.17) is 15.1 Å². The van der Waals surface area contributed by atoms with Crippen LogP contribution in [0.1, 0.15) is 5.69 Å². The van der Waals surface area contributed by atoms with Gasteiger partial charge in [-0.25, -0.2) is 0 Å². The lowest BCUT2D eigenvalue weighted by molar-refractivity contribution is -0.496. The van der Waals surface area contributed by atoms with Crippen molar-refractivity contribution in [2.45, 2.75) is 6.92 Å². The highest BCUT2D eigenvalue weighted by molar-refractivity contribution is 5.70. The van der Waals surface area contributed by atoms with Gasteiger partial charge in [0.15, 0.2) is 0 Å². The summed E-state index contributed by atoms with van der Waals surface area (Å²) in [5, 5.41) is 4.88. The molecule has 0 unspecified atom stereocenters. The van der Waals surface area contributed by atoms with Crippen LogP contribution in [0.3, 0.4) is 0 Å². The number of rotatable bonds is 3. The van der Waals surface area contributed by atoms with Gasteiger partial charge in [0.25, 0.3) is 0 Å². The average Bonchev–Trinajstić information content (AvgIpc) is 3.24. The van der Waals surface area contributed by atoms with Crippen molar-refractivity contribution < 1.29 is 4.40 Å². The van der Waals surface area contributed by atoms with E-state index in [0.29, 0.717) is 5.78 Å². The molecule has 0 fully saturated rings. The number of aryl methyl sites for hydroxylation is 1. The predicted octanol–water partition coefficient (Wildman–Crippen LogP) is 5.17. The van der Waals surface area contributed by atoms with Gasteiger partial charge in [-0.1, -0.05) is 95.5 Å². The summed E-state index contributed by atoms with van der Waals surface area (Å²) >= 11 is 0. The van der Waals surface area contributed by atoms with Gasteiger partial charge in [-0.3, -0.25) is 0 Å². The maximum Gasteiger partial charge on any atom is 0.389 e. The van der Waals surface area contributed by atoms with Crippen molar-refractivity contribution in [1.29, 1.82) is 0 Å². The number of aromatic nitrogens is 5. The molecule has 0 atom stereocenters. The lowest BCUT2D eigenvalue weighted by Crippen LogP contribution is -2.27. The molecule has 0 bridgehead atoms. The molecule has 0 N–H and O–H groups in total. The van der Waals surface area contributed by atoms with E-state index in [2.05, 4.69) is 55.5 Å². The normalized spacial score (nSPS) is 11.3. The van der Waals surface area contributed by atoms with Gasteiger partial charge in [-0.2, -0.15) is 4.40 Å². The van der Waals surface area contributed by atoms with Gasteiger partial charge in [-0.05, 0) is 6.92 Å². The number of fused-ring (bicyclic) bond motifs is 3. The second kappa shape index (κ2) is 7.39. The van der Waals surface area contributed by atoms with Crippen LogP contribution in [0.25, 0.3) is 45.3 Å². The second-order valence-corrected chi connectivity index (χ2v) is 7.75. The zero-order valence-electron chi connectivity index (χ0n) is 17.6. The molecule has 152 valence electrons. The Hall–Kier alpha value is -4.38. The summed E-state index contributed by atoms with van der Waals surface area (Å²) in [7, 11) is 0. The van der Waals surface area contributed by atoms with Gasteiger partial charge in [0, 0.05) is 33.9 Å². The van der Waals surface area contributed by atoms with Crippen molar-refractivity contribution in [2.75, 3.05) is 0 Å². The van der Waals surface area contributed by atoms with E-state index in [-0.39, 0.29) is 0 Å². The molecule has 5 nitrogen and oxygen atoms in total. The largest absolute Gasteiger partial charge is 0.389 e. The van der Waals surface area contributed by atoms with Crippen LogP contribution in [0.15, 0.2) is 103 Å². The minimum atomic E-state index is 0.624. The van der Waals surface area contributed by atoms with Crippen LogP contribution in [0, 0.1) is 6.92 Å². The van der Waals surface area contributed by atoms with Crippen molar-refractivity contribution in [3.05, 3.63) is 109 Å². The zero-order valence-corrected chi connectivity index (χ0v) is 17.6. The molecule has 0 aliphatic carbocycles. The first-order chi connectivity index (χ1) is 15.8. The van der Waals surface area contributed by atoms with Crippen LogP contribution >= 0.6 is 0 Å². The molecule has 0 aliphatic heterocycles. The van der Waals surface area contributed by atoms with Crippen LogP contribution in [0.5, 0.6) is 0 Å². The molecule has 6 rings (SSSR count).